The minimum absolute atomic E-state index is 0.0993. The molecule has 3 heteroatoms. The molecular formula is C18H27BrFN. The van der Waals surface area contributed by atoms with Crippen molar-refractivity contribution in [1.82, 2.24) is 5.32 Å². The molecule has 0 aromatic heterocycles. The quantitative estimate of drug-likeness (QED) is 0.740. The van der Waals surface area contributed by atoms with Crippen LogP contribution >= 0.6 is 15.9 Å². The Morgan fingerprint density at radius 2 is 1.86 bits per heavy atom. The largest absolute Gasteiger partial charge is 0.313 e. The highest BCUT2D eigenvalue weighted by Gasteiger charge is 2.66. The van der Waals surface area contributed by atoms with Gasteiger partial charge in [0.15, 0.2) is 0 Å². The van der Waals surface area contributed by atoms with Crippen LogP contribution in [0.5, 0.6) is 0 Å². The summed E-state index contributed by atoms with van der Waals surface area (Å²) >= 11 is 3.45. The van der Waals surface area contributed by atoms with E-state index in [1.165, 1.54) is 0 Å². The van der Waals surface area contributed by atoms with Crippen molar-refractivity contribution in [2.45, 2.75) is 53.5 Å². The predicted molar refractivity (Wildman–Crippen MR) is 90.9 cm³/mol. The van der Waals surface area contributed by atoms with Gasteiger partial charge < -0.3 is 5.32 Å². The first-order valence-electron chi connectivity index (χ1n) is 7.89. The summed E-state index contributed by atoms with van der Waals surface area (Å²) < 4.78 is 15.0. The Balaban J connectivity index is 2.20. The fourth-order valence-electron chi connectivity index (χ4n) is 3.83. The van der Waals surface area contributed by atoms with Crippen molar-refractivity contribution in [1.29, 1.82) is 0 Å². The van der Waals surface area contributed by atoms with Crippen LogP contribution in [-0.2, 0) is 6.42 Å². The van der Waals surface area contributed by atoms with E-state index < -0.39 is 0 Å². The number of hydrogen-bond acceptors (Lipinski definition) is 1. The van der Waals surface area contributed by atoms with Gasteiger partial charge in [0.2, 0.25) is 0 Å². The molecule has 1 fully saturated rings. The molecule has 0 heterocycles. The Labute approximate surface area is 136 Å². The molecular weight excluding hydrogens is 329 g/mol. The molecule has 118 valence electrons. The van der Waals surface area contributed by atoms with E-state index in [0.29, 0.717) is 22.8 Å². The maximum absolute atomic E-state index is 14.1. The zero-order valence-electron chi connectivity index (χ0n) is 13.8. The van der Waals surface area contributed by atoms with E-state index in [1.807, 2.05) is 6.07 Å². The molecule has 21 heavy (non-hydrogen) atoms. The number of hydrogen-bond donors (Lipinski definition) is 1. The van der Waals surface area contributed by atoms with Crippen molar-refractivity contribution in [2.24, 2.45) is 16.7 Å². The van der Waals surface area contributed by atoms with Crippen LogP contribution < -0.4 is 5.32 Å². The van der Waals surface area contributed by atoms with Crippen LogP contribution in [0.2, 0.25) is 0 Å². The zero-order chi connectivity index (χ0) is 15.8. The van der Waals surface area contributed by atoms with Gasteiger partial charge in [-0.05, 0) is 59.9 Å². The van der Waals surface area contributed by atoms with Crippen molar-refractivity contribution in [3.8, 4) is 0 Å². The molecule has 2 rings (SSSR count). The van der Waals surface area contributed by atoms with Gasteiger partial charge in [0.25, 0.3) is 0 Å². The molecule has 1 aliphatic rings. The van der Waals surface area contributed by atoms with Gasteiger partial charge in [0.05, 0.1) is 0 Å². The number of nitrogens with one attached hydrogen (secondary N) is 1. The van der Waals surface area contributed by atoms with E-state index in [1.54, 1.807) is 12.1 Å². The molecule has 1 aliphatic carbocycles. The fourth-order valence-corrected chi connectivity index (χ4v) is 4.24. The van der Waals surface area contributed by atoms with Crippen molar-refractivity contribution >= 4 is 15.9 Å². The first kappa shape index (κ1) is 17.0. The molecule has 0 saturated heterocycles. The van der Waals surface area contributed by atoms with Crippen molar-refractivity contribution < 1.29 is 4.39 Å². The molecule has 0 amide bonds. The molecule has 0 radical (unpaired) electrons. The fraction of sp³-hybridized carbons (Fsp3) is 0.667. The van der Waals surface area contributed by atoms with Gasteiger partial charge in [0, 0.05) is 10.5 Å². The van der Waals surface area contributed by atoms with E-state index in [-0.39, 0.29) is 5.82 Å². The summed E-state index contributed by atoms with van der Waals surface area (Å²) in [4.78, 5) is 0. The Hall–Kier alpha value is -0.410. The van der Waals surface area contributed by atoms with Gasteiger partial charge in [-0.2, -0.15) is 0 Å². The maximum atomic E-state index is 14.1. The maximum Gasteiger partial charge on any atom is 0.126 e. The summed E-state index contributed by atoms with van der Waals surface area (Å²) in [7, 11) is 0. The van der Waals surface area contributed by atoms with Crippen LogP contribution in [0, 0.1) is 22.6 Å². The summed E-state index contributed by atoms with van der Waals surface area (Å²) in [6, 6.07) is 5.56. The second-order valence-corrected chi connectivity index (χ2v) is 8.34. The van der Waals surface area contributed by atoms with Gasteiger partial charge in [-0.15, -0.1) is 0 Å². The van der Waals surface area contributed by atoms with Crippen LogP contribution in [0.3, 0.4) is 0 Å². The molecule has 1 unspecified atom stereocenters. The first-order valence-corrected chi connectivity index (χ1v) is 8.68. The molecule has 1 aromatic rings. The Morgan fingerprint density at radius 1 is 1.24 bits per heavy atom. The summed E-state index contributed by atoms with van der Waals surface area (Å²) in [6.07, 6.45) is 1.86. The minimum Gasteiger partial charge on any atom is -0.313 e. The summed E-state index contributed by atoms with van der Waals surface area (Å²) in [6.45, 7) is 12.5. The van der Waals surface area contributed by atoms with Crippen molar-refractivity contribution in [3.05, 3.63) is 34.1 Å². The minimum atomic E-state index is -0.0993. The lowest BCUT2D eigenvalue weighted by Gasteiger charge is -2.21. The van der Waals surface area contributed by atoms with Crippen LogP contribution in [0.4, 0.5) is 4.39 Å². The number of benzene rings is 1. The van der Waals surface area contributed by atoms with E-state index >= 15 is 0 Å². The zero-order valence-corrected chi connectivity index (χ0v) is 15.3. The lowest BCUT2D eigenvalue weighted by atomic mass is 9.96. The Kier molecular flexibility index (Phi) is 4.84. The molecule has 0 bridgehead atoms. The standard InChI is InChI=1S/C18H27BrFN/c1-6-9-21-15(16-17(2,3)18(16,4)5)11-12-10-13(19)7-8-14(12)20/h7-8,10,15-16,21H,6,9,11H2,1-5H3. The van der Waals surface area contributed by atoms with E-state index in [0.717, 1.165) is 29.4 Å². The topological polar surface area (TPSA) is 12.0 Å². The highest BCUT2D eigenvalue weighted by Crippen LogP contribution is 2.69. The SMILES string of the molecule is CCCNC(Cc1cc(Br)ccc1F)C1C(C)(C)C1(C)C. The van der Waals surface area contributed by atoms with E-state index in [4.69, 9.17) is 0 Å². The molecule has 1 saturated carbocycles. The summed E-state index contributed by atoms with van der Waals surface area (Å²) in [5.74, 6) is 0.479. The lowest BCUT2D eigenvalue weighted by Crippen LogP contribution is -2.36. The third-order valence-electron chi connectivity index (χ3n) is 5.64. The molecule has 0 spiro atoms. The van der Waals surface area contributed by atoms with Crippen LogP contribution in [-0.4, -0.2) is 12.6 Å². The number of halogens is 2. The highest BCUT2D eigenvalue weighted by molar-refractivity contribution is 9.10. The van der Waals surface area contributed by atoms with Crippen LogP contribution in [0.1, 0.15) is 46.6 Å². The molecule has 0 aliphatic heterocycles. The first-order chi connectivity index (χ1) is 9.71. The second-order valence-electron chi connectivity index (χ2n) is 7.42. The predicted octanol–water partition coefficient (Wildman–Crippen LogP) is 5.18. The average molecular weight is 356 g/mol. The third kappa shape index (κ3) is 3.19. The Morgan fingerprint density at radius 3 is 2.38 bits per heavy atom. The normalized spacial score (nSPS) is 21.3. The van der Waals surface area contributed by atoms with Crippen LogP contribution in [0.25, 0.3) is 0 Å². The average Bonchev–Trinajstić information content (AvgIpc) is 2.80. The molecule has 1 N–H and O–H groups in total. The lowest BCUT2D eigenvalue weighted by molar-refractivity contribution is 0.391. The van der Waals surface area contributed by atoms with E-state index in [9.17, 15) is 4.39 Å². The summed E-state index contributed by atoms with van der Waals surface area (Å²) in [5.41, 5.74) is 1.42. The van der Waals surface area contributed by atoms with Gasteiger partial charge in [0.1, 0.15) is 5.82 Å². The third-order valence-corrected chi connectivity index (χ3v) is 6.13. The van der Waals surface area contributed by atoms with Gasteiger partial charge in [-0.3, -0.25) is 0 Å². The van der Waals surface area contributed by atoms with Gasteiger partial charge in [-0.1, -0.05) is 50.5 Å². The van der Waals surface area contributed by atoms with E-state index in [2.05, 4.69) is 55.9 Å². The molecule has 1 nitrogen and oxygen atoms in total. The van der Waals surface area contributed by atoms with Gasteiger partial charge >= 0.3 is 0 Å². The van der Waals surface area contributed by atoms with Crippen LogP contribution in [0.15, 0.2) is 22.7 Å². The Bertz CT molecular complexity index is 496. The number of rotatable bonds is 6. The van der Waals surface area contributed by atoms with Crippen molar-refractivity contribution in [3.63, 3.8) is 0 Å². The monoisotopic (exact) mass is 355 g/mol. The molecule has 1 aromatic carbocycles. The summed E-state index contributed by atoms with van der Waals surface area (Å²) in [5, 5.41) is 3.66. The second kappa shape index (κ2) is 6.00. The highest BCUT2D eigenvalue weighted by atomic mass is 79.9. The smallest absolute Gasteiger partial charge is 0.126 e. The van der Waals surface area contributed by atoms with Gasteiger partial charge in [-0.25, -0.2) is 4.39 Å². The molecule has 1 atom stereocenters. The van der Waals surface area contributed by atoms with Crippen molar-refractivity contribution in [2.75, 3.05) is 6.54 Å².